The minimum Gasteiger partial charge on any atom is -0.481 e. The lowest BCUT2D eigenvalue weighted by molar-refractivity contribution is -0.144. The number of hydrogen-bond donors (Lipinski definition) is 2. The third kappa shape index (κ3) is 4.00. The number of carboxylic acids is 1. The lowest BCUT2D eigenvalue weighted by Crippen LogP contribution is -2.54. The van der Waals surface area contributed by atoms with E-state index in [0.29, 0.717) is 24.3 Å². The molecule has 0 bridgehead atoms. The van der Waals surface area contributed by atoms with E-state index in [1.165, 1.54) is 0 Å². The van der Waals surface area contributed by atoms with Crippen LogP contribution in [0.2, 0.25) is 5.02 Å². The second-order valence-electron chi connectivity index (χ2n) is 6.40. The molecule has 1 aliphatic carbocycles. The van der Waals surface area contributed by atoms with Crippen molar-refractivity contribution in [3.63, 3.8) is 0 Å². The summed E-state index contributed by atoms with van der Waals surface area (Å²) in [6.07, 6.45) is 1.27. The molecule has 0 aromatic heterocycles. The molecule has 7 heteroatoms. The molecule has 5 nitrogen and oxygen atoms in total. The normalized spacial score (nSPS) is 22.1. The third-order valence-electron chi connectivity index (χ3n) is 3.88. The molecule has 2 N–H and O–H groups in total. The van der Waals surface area contributed by atoms with Crippen LogP contribution in [-0.4, -0.2) is 30.3 Å². The monoisotopic (exact) mass is 345 g/mol. The fraction of sp³-hybridized carbons (Fsp3) is 0.533. The molecular formula is C15H20ClNO4S. The first-order valence-electron chi connectivity index (χ1n) is 7.11. The Morgan fingerprint density at radius 3 is 2.59 bits per heavy atom. The van der Waals surface area contributed by atoms with Crippen molar-refractivity contribution in [1.82, 2.24) is 4.72 Å². The minimum absolute atomic E-state index is 0.388. The standard InChI is InChI=1S/C15H20ClNO4S/c1-15(2,9-10-4-3-5-11(16)8-10)17-22(20,21)13-7-6-12(13)14(18)19/h3-5,8,12-13,17H,6-7,9H2,1-2H3,(H,18,19). The summed E-state index contributed by atoms with van der Waals surface area (Å²) in [7, 11) is -3.67. The molecule has 0 heterocycles. The molecule has 122 valence electrons. The Kier molecular flexibility index (Phi) is 4.84. The highest BCUT2D eigenvalue weighted by Crippen LogP contribution is 2.34. The smallest absolute Gasteiger partial charge is 0.307 e. The Morgan fingerprint density at radius 2 is 2.09 bits per heavy atom. The molecule has 1 saturated carbocycles. The number of sulfonamides is 1. The molecule has 2 unspecified atom stereocenters. The number of aliphatic carboxylic acids is 1. The van der Waals surface area contributed by atoms with Gasteiger partial charge in [0.1, 0.15) is 0 Å². The first-order valence-corrected chi connectivity index (χ1v) is 9.03. The number of rotatable bonds is 6. The van der Waals surface area contributed by atoms with Gasteiger partial charge in [0, 0.05) is 10.6 Å². The van der Waals surface area contributed by atoms with Gasteiger partial charge in [-0.2, -0.15) is 0 Å². The zero-order valence-electron chi connectivity index (χ0n) is 12.5. The van der Waals surface area contributed by atoms with Crippen LogP contribution < -0.4 is 4.72 Å². The van der Waals surface area contributed by atoms with E-state index >= 15 is 0 Å². The number of hydrogen-bond acceptors (Lipinski definition) is 3. The molecule has 1 aromatic rings. The maximum absolute atomic E-state index is 12.4. The predicted octanol–water partition coefficient (Wildman–Crippen LogP) is 2.44. The highest BCUT2D eigenvalue weighted by Gasteiger charge is 2.46. The molecule has 1 aliphatic rings. The van der Waals surface area contributed by atoms with Crippen molar-refractivity contribution in [2.45, 2.75) is 43.9 Å². The van der Waals surface area contributed by atoms with Crippen molar-refractivity contribution in [2.24, 2.45) is 5.92 Å². The van der Waals surface area contributed by atoms with Crippen LogP contribution in [0.4, 0.5) is 0 Å². The van der Waals surface area contributed by atoms with Gasteiger partial charge in [0.15, 0.2) is 0 Å². The summed E-state index contributed by atoms with van der Waals surface area (Å²) in [5.74, 6) is -1.85. The van der Waals surface area contributed by atoms with Crippen LogP contribution in [0, 0.1) is 5.92 Å². The van der Waals surface area contributed by atoms with Gasteiger partial charge in [-0.3, -0.25) is 4.79 Å². The Hall–Kier alpha value is -1.11. The van der Waals surface area contributed by atoms with Gasteiger partial charge in [-0.15, -0.1) is 0 Å². The van der Waals surface area contributed by atoms with E-state index < -0.39 is 32.7 Å². The van der Waals surface area contributed by atoms with Crippen LogP contribution >= 0.6 is 11.6 Å². The highest BCUT2D eigenvalue weighted by atomic mass is 35.5. The van der Waals surface area contributed by atoms with Crippen LogP contribution in [0.5, 0.6) is 0 Å². The molecule has 0 radical (unpaired) electrons. The van der Waals surface area contributed by atoms with Crippen molar-refractivity contribution >= 4 is 27.6 Å². The number of nitrogens with one attached hydrogen (secondary N) is 1. The van der Waals surface area contributed by atoms with Crippen LogP contribution in [0.3, 0.4) is 0 Å². The number of halogens is 1. The summed E-state index contributed by atoms with van der Waals surface area (Å²) >= 11 is 5.94. The van der Waals surface area contributed by atoms with Crippen molar-refractivity contribution in [1.29, 1.82) is 0 Å². The molecule has 0 aliphatic heterocycles. The largest absolute Gasteiger partial charge is 0.481 e. The molecule has 2 rings (SSSR count). The maximum atomic E-state index is 12.4. The van der Waals surface area contributed by atoms with Gasteiger partial charge >= 0.3 is 5.97 Å². The maximum Gasteiger partial charge on any atom is 0.307 e. The molecular weight excluding hydrogens is 326 g/mol. The van der Waals surface area contributed by atoms with Gasteiger partial charge in [0.05, 0.1) is 11.2 Å². The summed E-state index contributed by atoms with van der Waals surface area (Å²) < 4.78 is 27.5. The fourth-order valence-electron chi connectivity index (χ4n) is 2.78. The van der Waals surface area contributed by atoms with E-state index in [2.05, 4.69) is 4.72 Å². The zero-order chi connectivity index (χ0) is 16.5. The second kappa shape index (κ2) is 6.18. The summed E-state index contributed by atoms with van der Waals surface area (Å²) in [5.41, 5.74) is 0.200. The third-order valence-corrected chi connectivity index (χ3v) is 6.31. The molecule has 22 heavy (non-hydrogen) atoms. The first kappa shape index (κ1) is 17.2. The molecule has 1 fully saturated rings. The Bertz CT molecular complexity index is 672. The number of benzene rings is 1. The Morgan fingerprint density at radius 1 is 1.41 bits per heavy atom. The van der Waals surface area contributed by atoms with Gasteiger partial charge in [0.25, 0.3) is 0 Å². The summed E-state index contributed by atoms with van der Waals surface area (Å²) in [6, 6.07) is 7.25. The van der Waals surface area contributed by atoms with E-state index in [1.54, 1.807) is 26.0 Å². The first-order chi connectivity index (χ1) is 10.1. The van der Waals surface area contributed by atoms with Crippen LogP contribution in [0.15, 0.2) is 24.3 Å². The van der Waals surface area contributed by atoms with E-state index in [-0.39, 0.29) is 0 Å². The molecule has 1 aromatic carbocycles. The average Bonchev–Trinajstić information content (AvgIpc) is 2.22. The lowest BCUT2D eigenvalue weighted by atomic mass is 9.85. The quantitative estimate of drug-likeness (QED) is 0.829. The highest BCUT2D eigenvalue weighted by molar-refractivity contribution is 7.90. The molecule has 2 atom stereocenters. The molecule has 0 amide bonds. The van der Waals surface area contributed by atoms with Crippen LogP contribution in [-0.2, 0) is 21.2 Å². The van der Waals surface area contributed by atoms with Gasteiger partial charge < -0.3 is 5.11 Å². The summed E-state index contributed by atoms with van der Waals surface area (Å²) in [6.45, 7) is 3.56. The van der Waals surface area contributed by atoms with E-state index in [4.69, 9.17) is 16.7 Å². The van der Waals surface area contributed by atoms with Gasteiger partial charge in [-0.05, 0) is 50.8 Å². The zero-order valence-corrected chi connectivity index (χ0v) is 14.1. The summed E-state index contributed by atoms with van der Waals surface area (Å²) in [4.78, 5) is 11.0. The Balaban J connectivity index is 2.09. The van der Waals surface area contributed by atoms with Gasteiger partial charge in [-0.1, -0.05) is 23.7 Å². The van der Waals surface area contributed by atoms with Crippen molar-refractivity contribution in [2.75, 3.05) is 0 Å². The minimum atomic E-state index is -3.67. The SMILES string of the molecule is CC(C)(Cc1cccc(Cl)c1)NS(=O)(=O)C1CCC1C(=O)O. The fourth-order valence-corrected chi connectivity index (χ4v) is 5.12. The topological polar surface area (TPSA) is 83.5 Å². The van der Waals surface area contributed by atoms with E-state index in [0.717, 1.165) is 5.56 Å². The average molecular weight is 346 g/mol. The Labute approximate surface area is 135 Å². The van der Waals surface area contributed by atoms with Crippen molar-refractivity contribution in [3.05, 3.63) is 34.9 Å². The van der Waals surface area contributed by atoms with Gasteiger partial charge in [0.2, 0.25) is 10.0 Å². The van der Waals surface area contributed by atoms with E-state index in [1.807, 2.05) is 12.1 Å². The number of carboxylic acid groups (broad SMARTS) is 1. The van der Waals surface area contributed by atoms with Crippen molar-refractivity contribution < 1.29 is 18.3 Å². The van der Waals surface area contributed by atoms with Crippen LogP contribution in [0.25, 0.3) is 0 Å². The predicted molar refractivity (Wildman–Crippen MR) is 85.4 cm³/mol. The van der Waals surface area contributed by atoms with Gasteiger partial charge in [-0.25, -0.2) is 13.1 Å². The molecule has 0 saturated heterocycles. The van der Waals surface area contributed by atoms with Crippen molar-refractivity contribution in [3.8, 4) is 0 Å². The molecule has 0 spiro atoms. The van der Waals surface area contributed by atoms with Crippen LogP contribution in [0.1, 0.15) is 32.3 Å². The second-order valence-corrected chi connectivity index (χ2v) is 8.73. The number of carbonyl (C=O) groups is 1. The van der Waals surface area contributed by atoms with E-state index in [9.17, 15) is 13.2 Å². The lowest BCUT2D eigenvalue weighted by Gasteiger charge is -2.36. The summed E-state index contributed by atoms with van der Waals surface area (Å²) in [5, 5.41) is 8.78.